The zero-order chi connectivity index (χ0) is 4.50. The molecule has 0 heterocycles. The zero-order valence-electron chi connectivity index (χ0n) is 4.38. The Hall–Kier alpha value is 1.87. The maximum Gasteiger partial charge on any atom is 0.271 e. The van der Waals surface area contributed by atoms with Gasteiger partial charge in [0.2, 0.25) is 0 Å². The van der Waals surface area contributed by atoms with E-state index in [0.29, 0.717) is 0 Å². The molecule has 0 saturated carbocycles. The van der Waals surface area contributed by atoms with Crippen LogP contribution in [0.3, 0.4) is 0 Å². The quantitative estimate of drug-likeness (QED) is 0.363. The Morgan fingerprint density at radius 3 is 1.00 bits per heavy atom. The van der Waals surface area contributed by atoms with Crippen molar-refractivity contribution in [2.24, 2.45) is 10.3 Å². The summed E-state index contributed by atoms with van der Waals surface area (Å²) >= 11 is 0. The Labute approximate surface area is 86.8 Å². The van der Waals surface area contributed by atoms with Crippen molar-refractivity contribution in [3.63, 3.8) is 0 Å². The van der Waals surface area contributed by atoms with Gasteiger partial charge in [0.25, 0.3) is 10.2 Å². The largest absolute Gasteiger partial charge is 0.271 e. The second-order valence-corrected chi connectivity index (χ2v) is 1.77. The molecule has 0 atom stereocenters. The number of nitrogens with two attached hydrogens (primary N) is 2. The molecule has 0 saturated heterocycles. The molecule has 0 aromatic rings. The van der Waals surface area contributed by atoms with Crippen LogP contribution in [0.15, 0.2) is 0 Å². The van der Waals surface area contributed by atoms with Crippen molar-refractivity contribution in [2.45, 2.75) is 0 Å². The van der Waals surface area contributed by atoms with Gasteiger partial charge in [-0.25, -0.2) is 10.3 Å². The maximum atomic E-state index is 9.19. The van der Waals surface area contributed by atoms with E-state index in [9.17, 15) is 8.42 Å². The summed E-state index contributed by atoms with van der Waals surface area (Å²) < 4.78 is 18.4. The molecule has 2 radical (unpaired) electrons. The minimum atomic E-state index is -3.67. The van der Waals surface area contributed by atoms with Crippen molar-refractivity contribution >= 4 is 69.3 Å². The molecule has 0 spiro atoms. The molecule has 0 aliphatic carbocycles. The van der Waals surface area contributed by atoms with Gasteiger partial charge in [-0.05, 0) is 0 Å². The second kappa shape index (κ2) is 6.00. The predicted octanol–water partition coefficient (Wildman–Crippen LogP) is -2.61. The summed E-state index contributed by atoms with van der Waals surface area (Å²) in [7, 11) is -3.67. The molecular weight excluding hydrogens is 138 g/mol. The fourth-order valence-corrected chi connectivity index (χ4v) is 0. The summed E-state index contributed by atoms with van der Waals surface area (Å²) in [5.74, 6) is 0. The van der Waals surface area contributed by atoms with Gasteiger partial charge in [-0.15, -0.1) is 0 Å². The van der Waals surface area contributed by atoms with E-state index >= 15 is 0 Å². The molecule has 4 N–H and O–H groups in total. The predicted molar refractivity (Wildman–Crippen MR) is 28.8 cm³/mol. The van der Waals surface area contributed by atoms with E-state index in [0.717, 1.165) is 0 Å². The number of hydrogen-bond donors (Lipinski definition) is 2. The van der Waals surface area contributed by atoms with E-state index in [1.807, 2.05) is 0 Å². The summed E-state index contributed by atoms with van der Waals surface area (Å²) in [5, 5.41) is 8.21. The molecule has 0 aromatic heterocycles. The molecule has 0 rings (SSSR count). The average Bonchev–Trinajstić information content (AvgIpc) is 0.722. The third kappa shape index (κ3) is 77.5. The van der Waals surface area contributed by atoms with E-state index in [1.165, 1.54) is 0 Å². The van der Waals surface area contributed by atoms with Gasteiger partial charge in [0.1, 0.15) is 0 Å². The Morgan fingerprint density at radius 2 is 1.00 bits per heavy atom. The fraction of sp³-hybridized carbons (Fsp3) is 0. The van der Waals surface area contributed by atoms with E-state index < -0.39 is 10.2 Å². The number of rotatable bonds is 0. The third-order valence-electron chi connectivity index (χ3n) is 0. The van der Waals surface area contributed by atoms with Crippen LogP contribution >= 0.6 is 0 Å². The summed E-state index contributed by atoms with van der Waals surface area (Å²) in [4.78, 5) is 0. The minimum absolute atomic E-state index is 0. The van der Waals surface area contributed by atoms with Crippen molar-refractivity contribution in [2.75, 3.05) is 0 Å². The molecule has 0 unspecified atom stereocenters. The van der Waals surface area contributed by atoms with Crippen LogP contribution in [-0.4, -0.2) is 67.5 Å². The van der Waals surface area contributed by atoms with Crippen LogP contribution in [0.1, 0.15) is 0 Å². The Kier molecular flexibility index (Phi) is 13.7. The van der Waals surface area contributed by atoms with Crippen molar-refractivity contribution in [1.29, 1.82) is 0 Å². The van der Waals surface area contributed by atoms with E-state index in [-0.39, 0.29) is 59.1 Å². The van der Waals surface area contributed by atoms with Crippen molar-refractivity contribution < 1.29 is 8.42 Å². The summed E-state index contributed by atoms with van der Waals surface area (Å²) in [6.07, 6.45) is 0. The van der Waals surface area contributed by atoms with Gasteiger partial charge in [-0.2, -0.15) is 8.42 Å². The summed E-state index contributed by atoms with van der Waals surface area (Å²) in [6.45, 7) is 0. The van der Waals surface area contributed by atoms with Crippen LogP contribution in [0.4, 0.5) is 0 Å². The molecule has 4 nitrogen and oxygen atoms in total. The van der Waals surface area contributed by atoms with Crippen molar-refractivity contribution in [3.05, 3.63) is 0 Å². The topological polar surface area (TPSA) is 86.2 Å². The standard InChI is InChI=1S/H4N2O2S.2Na/c1-5(2,3)4;;/h(H4,1,2,3,4);;. The molecule has 0 aromatic carbocycles. The first-order valence-corrected chi connectivity index (χ1v) is 2.41. The minimum Gasteiger partial charge on any atom is -0.216 e. The zero-order valence-corrected chi connectivity index (χ0v) is 9.20. The molecule has 0 fully saturated rings. The fourth-order valence-electron chi connectivity index (χ4n) is 0. The summed E-state index contributed by atoms with van der Waals surface area (Å²) in [5.41, 5.74) is 0. The van der Waals surface area contributed by atoms with Crippen molar-refractivity contribution in [1.82, 2.24) is 0 Å². The monoisotopic (exact) mass is 142 g/mol. The van der Waals surface area contributed by atoms with E-state index in [4.69, 9.17) is 0 Å². The van der Waals surface area contributed by atoms with Crippen LogP contribution in [0.2, 0.25) is 0 Å². The molecule has 0 aliphatic heterocycles. The summed E-state index contributed by atoms with van der Waals surface area (Å²) in [6, 6.07) is 0. The molecule has 7 heteroatoms. The van der Waals surface area contributed by atoms with Crippen molar-refractivity contribution in [3.8, 4) is 0 Å². The maximum absolute atomic E-state index is 9.19. The van der Waals surface area contributed by atoms with Crippen LogP contribution < -0.4 is 10.3 Å². The number of hydrogen-bond acceptors (Lipinski definition) is 2. The second-order valence-electron chi connectivity index (χ2n) is 0.589. The van der Waals surface area contributed by atoms with Gasteiger partial charge in [-0.3, -0.25) is 0 Å². The molecule has 0 amide bonds. The van der Waals surface area contributed by atoms with E-state index in [1.54, 1.807) is 0 Å². The first kappa shape index (κ1) is 15.9. The van der Waals surface area contributed by atoms with Gasteiger partial charge in [0.05, 0.1) is 0 Å². The first-order chi connectivity index (χ1) is 2.00. The normalized spacial score (nSPS) is 8.29. The SMILES string of the molecule is NS(N)(=O)=O.[Na].[Na]. The third-order valence-corrected chi connectivity index (χ3v) is 0. The van der Waals surface area contributed by atoms with Gasteiger partial charge in [0, 0.05) is 59.1 Å². The van der Waals surface area contributed by atoms with Crippen LogP contribution in [-0.2, 0) is 10.2 Å². The van der Waals surface area contributed by atoms with Gasteiger partial charge in [-0.1, -0.05) is 0 Å². The van der Waals surface area contributed by atoms with Gasteiger partial charge >= 0.3 is 0 Å². The molecule has 0 bridgehead atoms. The Bertz CT molecular complexity index is 96.9. The molecular formula is H4N2Na2O2S. The van der Waals surface area contributed by atoms with Crippen LogP contribution in [0.5, 0.6) is 0 Å². The Morgan fingerprint density at radius 1 is 1.00 bits per heavy atom. The molecule has 34 valence electrons. The molecule has 7 heavy (non-hydrogen) atoms. The van der Waals surface area contributed by atoms with Gasteiger partial charge in [0.15, 0.2) is 0 Å². The van der Waals surface area contributed by atoms with Gasteiger partial charge < -0.3 is 0 Å². The average molecular weight is 142 g/mol. The smallest absolute Gasteiger partial charge is 0.216 e. The van der Waals surface area contributed by atoms with Crippen LogP contribution in [0, 0.1) is 0 Å². The Balaban J connectivity index is -0.0000000800. The molecule has 0 aliphatic rings. The van der Waals surface area contributed by atoms with E-state index in [2.05, 4.69) is 10.3 Å². The van der Waals surface area contributed by atoms with Crippen LogP contribution in [0.25, 0.3) is 0 Å². The first-order valence-electron chi connectivity index (χ1n) is 0.805.